The predicted molar refractivity (Wildman–Crippen MR) is 117 cm³/mol. The van der Waals surface area contributed by atoms with Gasteiger partial charge >= 0.3 is 26.2 Å². The summed E-state index contributed by atoms with van der Waals surface area (Å²) >= 11 is 0. The summed E-state index contributed by atoms with van der Waals surface area (Å²) in [4.78, 5) is 0. The molecule has 0 atom stereocenters. The second-order valence-corrected chi connectivity index (χ2v) is 22.6. The average Bonchev–Trinajstić information content (AvgIpc) is 3.14. The Morgan fingerprint density at radius 1 is 0.700 bits per heavy atom. The largest absolute Gasteiger partial charge is 4.00 e. The molecule has 2 rings (SSSR count). The van der Waals surface area contributed by atoms with Gasteiger partial charge in [-0.25, -0.2) is 0 Å². The molecule has 0 heterocycles. The van der Waals surface area contributed by atoms with Crippen molar-refractivity contribution in [1.82, 2.24) is 0 Å². The Hall–Kier alpha value is 0.594. The molecule has 2 aliphatic carbocycles. The standard InChI is InChI=1S/C20H34O4Si3.2ClH.Zr/c1-25(2,3)23-15-21-17-11-9-13-19(17)27(7,8)20-14-10-12-18(20)22-16-24-26(4,5)6;;;/h11-12H,9-10,15-16H2,1-8H3;2*1H;/q-2;;;+4/p-2. The van der Waals surface area contributed by atoms with Crippen molar-refractivity contribution in [3.8, 4) is 0 Å². The maximum absolute atomic E-state index is 5.99. The van der Waals surface area contributed by atoms with Crippen LogP contribution < -0.4 is 24.8 Å². The molecule has 0 radical (unpaired) electrons. The van der Waals surface area contributed by atoms with Crippen LogP contribution in [0.3, 0.4) is 0 Å². The minimum Gasteiger partial charge on any atom is -1.00 e. The topological polar surface area (TPSA) is 36.9 Å². The number of ether oxygens (including phenoxy) is 2. The van der Waals surface area contributed by atoms with Crippen molar-refractivity contribution in [3.63, 3.8) is 0 Å². The van der Waals surface area contributed by atoms with Crippen molar-refractivity contribution in [3.05, 3.63) is 46.2 Å². The van der Waals surface area contributed by atoms with Crippen LogP contribution in [-0.4, -0.2) is 38.3 Å². The molecular weight excluding hydrogens is 551 g/mol. The first-order chi connectivity index (χ1) is 12.4. The molecular formula is C20H34Cl2O4Si3Zr. The maximum atomic E-state index is 5.99. The Morgan fingerprint density at radius 2 is 1.03 bits per heavy atom. The summed E-state index contributed by atoms with van der Waals surface area (Å²) in [5.74, 6) is 1.84. The molecule has 30 heavy (non-hydrogen) atoms. The first-order valence-corrected chi connectivity index (χ1v) is 19.4. The van der Waals surface area contributed by atoms with Gasteiger partial charge < -0.3 is 43.1 Å². The molecule has 0 aromatic carbocycles. The van der Waals surface area contributed by atoms with Crippen LogP contribution >= 0.6 is 0 Å². The molecule has 0 fully saturated rings. The SMILES string of the molecule is C[Si](C)(C)OCOC1=CC[C-]=C1[Si](C)(C)C1=[C-]CC=C1OCO[Si](C)(C)C.[Cl-].[Cl-].[Zr+4]. The smallest absolute Gasteiger partial charge is 1.00 e. The van der Waals surface area contributed by atoms with Crippen molar-refractivity contribution >= 4 is 24.7 Å². The third-order valence-electron chi connectivity index (χ3n) is 4.29. The van der Waals surface area contributed by atoms with E-state index in [1.54, 1.807) is 0 Å². The second kappa shape index (κ2) is 13.3. The Morgan fingerprint density at radius 3 is 1.33 bits per heavy atom. The zero-order valence-electron chi connectivity index (χ0n) is 19.4. The second-order valence-electron chi connectivity index (χ2n) is 9.31. The molecule has 2 aliphatic rings. The molecule has 0 unspecified atom stereocenters. The van der Waals surface area contributed by atoms with Gasteiger partial charge in [0.2, 0.25) is 0 Å². The average molecular weight is 585 g/mol. The van der Waals surface area contributed by atoms with Crippen molar-refractivity contribution < 1.29 is 69.3 Å². The first kappa shape index (κ1) is 32.8. The van der Waals surface area contributed by atoms with Gasteiger partial charge in [0.1, 0.15) is 0 Å². The van der Waals surface area contributed by atoms with Gasteiger partial charge in [-0.2, -0.15) is 10.4 Å². The summed E-state index contributed by atoms with van der Waals surface area (Å²) in [6, 6.07) is 0. The van der Waals surface area contributed by atoms with Crippen LogP contribution in [0, 0.1) is 12.2 Å². The molecule has 0 aliphatic heterocycles. The molecule has 10 heteroatoms. The van der Waals surface area contributed by atoms with Gasteiger partial charge in [0.05, 0.1) is 0 Å². The number of halogens is 2. The van der Waals surface area contributed by atoms with Crippen LogP contribution in [0.4, 0.5) is 0 Å². The van der Waals surface area contributed by atoms with Gasteiger partial charge in [0.25, 0.3) is 0 Å². The van der Waals surface area contributed by atoms with E-state index in [9.17, 15) is 0 Å². The fraction of sp³-hybridized carbons (Fsp3) is 0.600. The quantitative estimate of drug-likeness (QED) is 0.197. The first-order valence-electron chi connectivity index (χ1n) is 9.57. The van der Waals surface area contributed by atoms with Gasteiger partial charge in [-0.15, -0.1) is 25.0 Å². The summed E-state index contributed by atoms with van der Waals surface area (Å²) in [5.41, 5.74) is 0. The summed E-state index contributed by atoms with van der Waals surface area (Å²) in [6.07, 6.45) is 12.8. The molecule has 0 bridgehead atoms. The van der Waals surface area contributed by atoms with Crippen LogP contribution in [0.15, 0.2) is 34.1 Å². The molecule has 0 amide bonds. The number of hydrogen-bond acceptors (Lipinski definition) is 4. The molecule has 4 nitrogen and oxygen atoms in total. The van der Waals surface area contributed by atoms with Gasteiger partial charge in [-0.1, -0.05) is 13.1 Å². The maximum Gasteiger partial charge on any atom is 4.00 e. The van der Waals surface area contributed by atoms with Crippen molar-refractivity contribution in [2.24, 2.45) is 0 Å². The van der Waals surface area contributed by atoms with E-state index in [0.717, 1.165) is 24.4 Å². The van der Waals surface area contributed by atoms with E-state index < -0.39 is 24.7 Å². The van der Waals surface area contributed by atoms with Gasteiger partial charge in [0.15, 0.2) is 30.2 Å². The monoisotopic (exact) mass is 582 g/mol. The van der Waals surface area contributed by atoms with Crippen LogP contribution in [0.25, 0.3) is 0 Å². The van der Waals surface area contributed by atoms with Gasteiger partial charge in [-0.3, -0.25) is 12.2 Å². The van der Waals surface area contributed by atoms with E-state index in [-0.39, 0.29) is 51.0 Å². The summed E-state index contributed by atoms with van der Waals surface area (Å²) < 4.78 is 23.7. The minimum atomic E-state index is -2.02. The third kappa shape index (κ3) is 10.0. The fourth-order valence-electron chi connectivity index (χ4n) is 2.85. The Labute approximate surface area is 217 Å². The molecule has 0 aromatic rings. The zero-order chi connectivity index (χ0) is 20.3. The van der Waals surface area contributed by atoms with Crippen LogP contribution in [-0.2, 0) is 44.5 Å². The Bertz CT molecular complexity index is 623. The summed E-state index contributed by atoms with van der Waals surface area (Å²) in [6.45, 7) is 18.2. The van der Waals surface area contributed by atoms with E-state index in [0.29, 0.717) is 13.6 Å². The minimum absolute atomic E-state index is 0. The van der Waals surface area contributed by atoms with Crippen molar-refractivity contribution in [2.75, 3.05) is 13.6 Å². The van der Waals surface area contributed by atoms with Crippen molar-refractivity contribution in [1.29, 1.82) is 0 Å². The summed E-state index contributed by atoms with van der Waals surface area (Å²) in [5, 5.41) is 2.37. The number of rotatable bonds is 10. The Balaban J connectivity index is 0. The van der Waals surface area contributed by atoms with E-state index in [1.807, 2.05) is 0 Å². The zero-order valence-corrected chi connectivity index (χ0v) is 26.3. The Kier molecular flexibility index (Phi) is 14.6. The third-order valence-corrected chi connectivity index (χ3v) is 9.60. The van der Waals surface area contributed by atoms with Crippen LogP contribution in [0.5, 0.6) is 0 Å². The molecule has 0 saturated heterocycles. The molecule has 0 aromatic heterocycles. The summed E-state index contributed by atoms with van der Waals surface area (Å²) in [7, 11) is -5.20. The number of hydrogen-bond donors (Lipinski definition) is 0. The van der Waals surface area contributed by atoms with Crippen LogP contribution in [0.1, 0.15) is 12.8 Å². The normalized spacial score (nSPS) is 16.3. The molecule has 0 spiro atoms. The van der Waals surface area contributed by atoms with Crippen molar-refractivity contribution in [2.45, 2.75) is 65.2 Å². The van der Waals surface area contributed by atoms with Crippen LogP contribution in [0.2, 0.25) is 52.4 Å². The molecule has 168 valence electrons. The molecule has 0 saturated carbocycles. The van der Waals surface area contributed by atoms with E-state index in [2.05, 4.69) is 76.7 Å². The van der Waals surface area contributed by atoms with E-state index >= 15 is 0 Å². The molecule has 0 N–H and O–H groups in total. The fourth-order valence-corrected chi connectivity index (χ4v) is 6.60. The predicted octanol–water partition coefficient (Wildman–Crippen LogP) is -0.536. The van der Waals surface area contributed by atoms with Gasteiger partial charge in [-0.05, 0) is 50.8 Å². The van der Waals surface area contributed by atoms with E-state index in [1.165, 1.54) is 10.4 Å². The van der Waals surface area contributed by atoms with Gasteiger partial charge in [0, 0.05) is 8.07 Å². The van der Waals surface area contributed by atoms with E-state index in [4.69, 9.17) is 18.3 Å². The number of allylic oxidation sites excluding steroid dienone is 6.